The Hall–Kier alpha value is -2.83. The number of alkyl carbamates (subject to hydrolysis) is 1. The van der Waals surface area contributed by atoms with Gasteiger partial charge in [0.2, 0.25) is 0 Å². The van der Waals surface area contributed by atoms with Crippen LogP contribution in [0.1, 0.15) is 29.6 Å². The number of piperidine rings is 1. The molecule has 3 rings (SSSR count). The Kier molecular flexibility index (Phi) is 5.02. The lowest BCUT2D eigenvalue weighted by Crippen LogP contribution is -2.47. The normalized spacial score (nSPS) is 17.3. The van der Waals surface area contributed by atoms with Crippen LogP contribution in [-0.4, -0.2) is 48.1 Å². The standard InChI is InChI=1S/C18H21N3O4/c1-19-18(24)25-11-12-6-4-5-9-21(12)17(23)15-10-20-16(22)14-8-3-2-7-13(14)15/h2-3,7-8,10,12H,4-6,9,11H2,1H3,(H,19,24)(H,20,22). The van der Waals surface area contributed by atoms with Crippen molar-refractivity contribution in [3.63, 3.8) is 0 Å². The van der Waals surface area contributed by atoms with E-state index < -0.39 is 6.09 Å². The van der Waals surface area contributed by atoms with Crippen molar-refractivity contribution in [1.29, 1.82) is 0 Å². The first-order chi connectivity index (χ1) is 12.1. The SMILES string of the molecule is CNC(=O)OCC1CCCCN1C(=O)c1c[nH]c(=O)c2ccccc12. The summed E-state index contributed by atoms with van der Waals surface area (Å²) < 4.78 is 5.15. The van der Waals surface area contributed by atoms with Crippen LogP contribution < -0.4 is 10.9 Å². The van der Waals surface area contributed by atoms with Crippen LogP contribution in [0.25, 0.3) is 10.8 Å². The molecule has 0 radical (unpaired) electrons. The molecule has 2 N–H and O–H groups in total. The second-order valence-electron chi connectivity index (χ2n) is 6.07. The van der Waals surface area contributed by atoms with Gasteiger partial charge in [-0.25, -0.2) is 4.79 Å². The number of carbonyl (C=O) groups is 2. The summed E-state index contributed by atoms with van der Waals surface area (Å²) in [4.78, 5) is 40.8. The van der Waals surface area contributed by atoms with Gasteiger partial charge in [-0.15, -0.1) is 0 Å². The number of hydrogen-bond acceptors (Lipinski definition) is 4. The van der Waals surface area contributed by atoms with Crippen LogP contribution in [0.2, 0.25) is 0 Å². The number of rotatable bonds is 3. The smallest absolute Gasteiger partial charge is 0.406 e. The average Bonchev–Trinajstić information content (AvgIpc) is 2.66. The van der Waals surface area contributed by atoms with Crippen LogP contribution >= 0.6 is 0 Å². The molecule has 1 aliphatic heterocycles. The molecule has 7 heteroatoms. The number of nitrogens with zero attached hydrogens (tertiary/aromatic N) is 1. The van der Waals surface area contributed by atoms with Crippen molar-refractivity contribution < 1.29 is 14.3 Å². The number of hydrogen-bond donors (Lipinski definition) is 2. The molecule has 1 unspecified atom stereocenters. The fourth-order valence-electron chi connectivity index (χ4n) is 3.23. The van der Waals surface area contributed by atoms with Crippen LogP contribution in [0.4, 0.5) is 4.79 Å². The number of nitrogens with one attached hydrogen (secondary N) is 2. The fraction of sp³-hybridized carbons (Fsp3) is 0.389. The first-order valence-corrected chi connectivity index (χ1v) is 8.37. The van der Waals surface area contributed by atoms with Gasteiger partial charge in [0.05, 0.1) is 11.6 Å². The van der Waals surface area contributed by atoms with E-state index in [-0.39, 0.29) is 24.1 Å². The number of aromatic amines is 1. The first-order valence-electron chi connectivity index (χ1n) is 8.37. The summed E-state index contributed by atoms with van der Waals surface area (Å²) in [5, 5.41) is 3.53. The molecule has 1 aliphatic rings. The maximum absolute atomic E-state index is 13.1. The summed E-state index contributed by atoms with van der Waals surface area (Å²) in [5.41, 5.74) is 0.243. The molecule has 2 aromatic rings. The maximum atomic E-state index is 13.1. The molecule has 132 valence electrons. The third-order valence-corrected chi connectivity index (χ3v) is 4.54. The zero-order valence-corrected chi connectivity index (χ0v) is 14.1. The van der Waals surface area contributed by atoms with Crippen molar-refractivity contribution in [2.75, 3.05) is 20.2 Å². The van der Waals surface area contributed by atoms with Crippen LogP contribution in [0.3, 0.4) is 0 Å². The van der Waals surface area contributed by atoms with Crippen LogP contribution in [0.5, 0.6) is 0 Å². The van der Waals surface area contributed by atoms with Gasteiger partial charge in [0.25, 0.3) is 11.5 Å². The van der Waals surface area contributed by atoms with Gasteiger partial charge in [-0.2, -0.15) is 0 Å². The molecule has 1 saturated heterocycles. The van der Waals surface area contributed by atoms with Gasteiger partial charge in [-0.1, -0.05) is 18.2 Å². The molecule has 0 aliphatic carbocycles. The minimum atomic E-state index is -0.507. The van der Waals surface area contributed by atoms with E-state index in [0.29, 0.717) is 22.9 Å². The summed E-state index contributed by atoms with van der Waals surface area (Å²) >= 11 is 0. The van der Waals surface area contributed by atoms with Crippen molar-refractivity contribution in [3.05, 3.63) is 46.4 Å². The van der Waals surface area contributed by atoms with E-state index in [1.165, 1.54) is 13.2 Å². The molecule has 0 saturated carbocycles. The Morgan fingerprint density at radius 3 is 2.80 bits per heavy atom. The summed E-state index contributed by atoms with van der Waals surface area (Å²) in [7, 11) is 1.50. The van der Waals surface area contributed by atoms with E-state index in [1.54, 1.807) is 29.2 Å². The highest BCUT2D eigenvalue weighted by atomic mass is 16.5. The number of ether oxygens (including phenoxy) is 1. The third kappa shape index (κ3) is 3.50. The Balaban J connectivity index is 1.89. The fourth-order valence-corrected chi connectivity index (χ4v) is 3.23. The topological polar surface area (TPSA) is 91.5 Å². The highest BCUT2D eigenvalue weighted by Crippen LogP contribution is 2.23. The van der Waals surface area contributed by atoms with Crippen LogP contribution in [-0.2, 0) is 4.74 Å². The van der Waals surface area contributed by atoms with Crippen molar-refractivity contribution in [1.82, 2.24) is 15.2 Å². The summed E-state index contributed by atoms with van der Waals surface area (Å²) in [5.74, 6) is -0.155. The Labute approximate surface area is 145 Å². The molecule has 1 aromatic carbocycles. The van der Waals surface area contributed by atoms with E-state index in [4.69, 9.17) is 4.74 Å². The number of carbonyl (C=O) groups excluding carboxylic acids is 2. The number of pyridine rings is 1. The number of H-pyrrole nitrogens is 1. The molecular formula is C18H21N3O4. The zero-order chi connectivity index (χ0) is 17.8. The molecule has 1 aromatic heterocycles. The lowest BCUT2D eigenvalue weighted by atomic mass is 10.00. The van der Waals surface area contributed by atoms with Gasteiger partial charge in [-0.05, 0) is 25.3 Å². The van der Waals surface area contributed by atoms with E-state index in [2.05, 4.69) is 10.3 Å². The number of fused-ring (bicyclic) bond motifs is 1. The summed E-state index contributed by atoms with van der Waals surface area (Å²) in [6.07, 6.45) is 3.64. The largest absolute Gasteiger partial charge is 0.447 e. The van der Waals surface area contributed by atoms with Gasteiger partial charge in [-0.3, -0.25) is 9.59 Å². The molecule has 7 nitrogen and oxygen atoms in total. The van der Waals surface area contributed by atoms with E-state index in [9.17, 15) is 14.4 Å². The molecule has 0 spiro atoms. The molecule has 1 atom stereocenters. The molecule has 2 amide bonds. The quantitative estimate of drug-likeness (QED) is 0.890. The minimum Gasteiger partial charge on any atom is -0.447 e. The molecule has 2 heterocycles. The van der Waals surface area contributed by atoms with Crippen molar-refractivity contribution >= 4 is 22.8 Å². The van der Waals surface area contributed by atoms with Gasteiger partial charge < -0.3 is 19.9 Å². The maximum Gasteiger partial charge on any atom is 0.406 e. The second-order valence-corrected chi connectivity index (χ2v) is 6.07. The molecular weight excluding hydrogens is 322 g/mol. The summed E-state index contributed by atoms with van der Waals surface area (Å²) in [6, 6.07) is 6.89. The Morgan fingerprint density at radius 1 is 1.28 bits per heavy atom. The highest BCUT2D eigenvalue weighted by molar-refractivity contribution is 6.06. The molecule has 25 heavy (non-hydrogen) atoms. The number of amides is 2. The predicted molar refractivity (Wildman–Crippen MR) is 93.7 cm³/mol. The third-order valence-electron chi connectivity index (χ3n) is 4.54. The zero-order valence-electron chi connectivity index (χ0n) is 14.1. The van der Waals surface area contributed by atoms with Crippen molar-refractivity contribution in [2.45, 2.75) is 25.3 Å². The van der Waals surface area contributed by atoms with Gasteiger partial charge in [0, 0.05) is 30.6 Å². The van der Waals surface area contributed by atoms with E-state index in [0.717, 1.165) is 19.3 Å². The van der Waals surface area contributed by atoms with E-state index >= 15 is 0 Å². The lowest BCUT2D eigenvalue weighted by molar-refractivity contribution is 0.0453. The van der Waals surface area contributed by atoms with Gasteiger partial charge in [0.15, 0.2) is 0 Å². The Bertz CT molecular complexity index is 846. The monoisotopic (exact) mass is 343 g/mol. The van der Waals surface area contributed by atoms with Gasteiger partial charge >= 0.3 is 6.09 Å². The van der Waals surface area contributed by atoms with Crippen LogP contribution in [0.15, 0.2) is 35.3 Å². The average molecular weight is 343 g/mol. The van der Waals surface area contributed by atoms with Crippen molar-refractivity contribution in [2.24, 2.45) is 0 Å². The Morgan fingerprint density at radius 2 is 2.04 bits per heavy atom. The number of likely N-dealkylation sites (tertiary alicyclic amines) is 1. The first kappa shape index (κ1) is 17.0. The molecule has 0 bridgehead atoms. The number of aromatic nitrogens is 1. The minimum absolute atomic E-state index is 0.155. The van der Waals surface area contributed by atoms with Gasteiger partial charge in [0.1, 0.15) is 6.61 Å². The number of benzene rings is 1. The van der Waals surface area contributed by atoms with Crippen LogP contribution in [0, 0.1) is 0 Å². The lowest BCUT2D eigenvalue weighted by Gasteiger charge is -2.35. The highest BCUT2D eigenvalue weighted by Gasteiger charge is 2.29. The van der Waals surface area contributed by atoms with E-state index in [1.807, 2.05) is 0 Å². The summed E-state index contributed by atoms with van der Waals surface area (Å²) in [6.45, 7) is 0.765. The van der Waals surface area contributed by atoms with Crippen molar-refractivity contribution in [3.8, 4) is 0 Å². The molecule has 1 fully saturated rings. The predicted octanol–water partition coefficient (Wildman–Crippen LogP) is 1.88. The second kappa shape index (κ2) is 7.38.